The predicted octanol–water partition coefficient (Wildman–Crippen LogP) is 0.984. The van der Waals surface area contributed by atoms with Crippen LogP contribution in [0, 0.1) is 11.8 Å². The standard InChI is InChI=1S/C14H24N2O3/c1-4-5-6-13(16-9(2)17)11-7-10(8-12(11)15)14(18)19-3/h5-6,10-13H,4,7-8,15H2,1-3H3,(H,16,17). The molecule has 0 heterocycles. The largest absolute Gasteiger partial charge is 0.469 e. The molecule has 0 saturated heterocycles. The Labute approximate surface area is 114 Å². The van der Waals surface area contributed by atoms with E-state index in [2.05, 4.69) is 5.32 Å². The molecule has 4 unspecified atom stereocenters. The number of hydrogen-bond acceptors (Lipinski definition) is 4. The molecule has 1 amide bonds. The lowest BCUT2D eigenvalue weighted by Crippen LogP contribution is -2.43. The Kier molecular flexibility index (Phi) is 6.02. The molecule has 1 aliphatic carbocycles. The van der Waals surface area contributed by atoms with Crippen molar-refractivity contribution >= 4 is 11.9 Å². The maximum atomic E-state index is 11.6. The highest BCUT2D eigenvalue weighted by atomic mass is 16.5. The van der Waals surface area contributed by atoms with Crippen molar-refractivity contribution in [2.45, 2.75) is 45.2 Å². The molecule has 3 N–H and O–H groups in total. The molecular weight excluding hydrogens is 244 g/mol. The summed E-state index contributed by atoms with van der Waals surface area (Å²) in [6.07, 6.45) is 6.17. The molecule has 0 bridgehead atoms. The predicted molar refractivity (Wildman–Crippen MR) is 73.2 cm³/mol. The van der Waals surface area contributed by atoms with Crippen LogP contribution in [0.5, 0.6) is 0 Å². The summed E-state index contributed by atoms with van der Waals surface area (Å²) in [5, 5.41) is 2.91. The maximum absolute atomic E-state index is 11.6. The molecule has 4 atom stereocenters. The van der Waals surface area contributed by atoms with Crippen LogP contribution >= 0.6 is 0 Å². The third-order valence-electron chi connectivity index (χ3n) is 3.61. The molecule has 0 spiro atoms. The first-order chi connectivity index (χ1) is 8.99. The van der Waals surface area contributed by atoms with Crippen molar-refractivity contribution in [3.63, 3.8) is 0 Å². The molecule has 0 aromatic rings. The van der Waals surface area contributed by atoms with Gasteiger partial charge in [0.25, 0.3) is 0 Å². The molecule has 1 rings (SSSR count). The Bertz CT molecular complexity index is 355. The summed E-state index contributed by atoms with van der Waals surface area (Å²) in [5.41, 5.74) is 6.12. The Morgan fingerprint density at radius 1 is 1.47 bits per heavy atom. The Morgan fingerprint density at radius 2 is 2.16 bits per heavy atom. The minimum absolute atomic E-state index is 0.0794. The number of nitrogens with one attached hydrogen (secondary N) is 1. The number of amides is 1. The fourth-order valence-electron chi connectivity index (χ4n) is 2.69. The van der Waals surface area contributed by atoms with Gasteiger partial charge in [0.05, 0.1) is 19.1 Å². The SMILES string of the molecule is CCC=CC(NC(C)=O)C1CC(C(=O)OC)CC1N. The van der Waals surface area contributed by atoms with Crippen LogP contribution in [-0.4, -0.2) is 31.1 Å². The summed E-state index contributed by atoms with van der Waals surface area (Å²) in [5.74, 6) is -0.370. The number of carbonyl (C=O) groups excluding carboxylic acids is 2. The van der Waals surface area contributed by atoms with Crippen molar-refractivity contribution in [1.29, 1.82) is 0 Å². The van der Waals surface area contributed by atoms with E-state index in [1.54, 1.807) is 0 Å². The minimum atomic E-state index is -0.209. The Balaban J connectivity index is 2.75. The van der Waals surface area contributed by atoms with Crippen molar-refractivity contribution in [1.82, 2.24) is 5.32 Å². The van der Waals surface area contributed by atoms with Gasteiger partial charge in [0.1, 0.15) is 0 Å². The van der Waals surface area contributed by atoms with E-state index in [1.165, 1.54) is 14.0 Å². The average Bonchev–Trinajstić information content (AvgIpc) is 2.75. The molecule has 5 nitrogen and oxygen atoms in total. The summed E-state index contributed by atoms with van der Waals surface area (Å²) in [7, 11) is 1.39. The Morgan fingerprint density at radius 3 is 2.68 bits per heavy atom. The highest BCUT2D eigenvalue weighted by Gasteiger charge is 2.39. The van der Waals surface area contributed by atoms with Crippen molar-refractivity contribution < 1.29 is 14.3 Å². The van der Waals surface area contributed by atoms with Gasteiger partial charge >= 0.3 is 5.97 Å². The van der Waals surface area contributed by atoms with Crippen molar-refractivity contribution in [2.75, 3.05) is 7.11 Å². The highest BCUT2D eigenvalue weighted by Crippen LogP contribution is 2.33. The van der Waals surface area contributed by atoms with Crippen LogP contribution in [-0.2, 0) is 14.3 Å². The summed E-state index contributed by atoms with van der Waals surface area (Å²) in [6.45, 7) is 3.53. The fraction of sp³-hybridized carbons (Fsp3) is 0.714. The zero-order valence-electron chi connectivity index (χ0n) is 11.9. The van der Waals surface area contributed by atoms with E-state index < -0.39 is 0 Å². The fourth-order valence-corrected chi connectivity index (χ4v) is 2.69. The molecule has 1 saturated carbocycles. The number of carbonyl (C=O) groups is 2. The zero-order chi connectivity index (χ0) is 14.4. The van der Waals surface area contributed by atoms with E-state index in [0.29, 0.717) is 12.8 Å². The zero-order valence-corrected chi connectivity index (χ0v) is 11.9. The van der Waals surface area contributed by atoms with Crippen molar-refractivity contribution in [3.05, 3.63) is 12.2 Å². The van der Waals surface area contributed by atoms with Crippen molar-refractivity contribution in [3.8, 4) is 0 Å². The third kappa shape index (κ3) is 4.35. The number of ether oxygens (including phenoxy) is 1. The van der Waals surface area contributed by atoms with Gasteiger partial charge in [-0.05, 0) is 25.2 Å². The molecule has 108 valence electrons. The molecule has 0 aliphatic heterocycles. The molecule has 0 aromatic carbocycles. The van der Waals surface area contributed by atoms with Crippen LogP contribution in [0.25, 0.3) is 0 Å². The van der Waals surface area contributed by atoms with Gasteiger partial charge in [0, 0.05) is 13.0 Å². The van der Waals surface area contributed by atoms with Crippen molar-refractivity contribution in [2.24, 2.45) is 17.6 Å². The molecule has 0 radical (unpaired) electrons. The lowest BCUT2D eigenvalue weighted by molar-refractivity contribution is -0.145. The molecule has 1 aliphatic rings. The van der Waals surface area contributed by atoms with Gasteiger partial charge in [-0.2, -0.15) is 0 Å². The summed E-state index contributed by atoms with van der Waals surface area (Å²) < 4.78 is 4.77. The van der Waals surface area contributed by atoms with Gasteiger partial charge < -0.3 is 15.8 Å². The smallest absolute Gasteiger partial charge is 0.308 e. The average molecular weight is 268 g/mol. The van der Waals surface area contributed by atoms with Crippen LogP contribution in [0.3, 0.4) is 0 Å². The Hall–Kier alpha value is -1.36. The first-order valence-corrected chi connectivity index (χ1v) is 6.76. The van der Waals surface area contributed by atoms with Gasteiger partial charge in [-0.15, -0.1) is 0 Å². The molecule has 19 heavy (non-hydrogen) atoms. The number of nitrogens with two attached hydrogens (primary N) is 1. The highest BCUT2D eigenvalue weighted by molar-refractivity contribution is 5.74. The number of hydrogen-bond donors (Lipinski definition) is 2. The van der Waals surface area contributed by atoms with E-state index in [9.17, 15) is 9.59 Å². The number of rotatable bonds is 5. The van der Waals surface area contributed by atoms with E-state index in [1.807, 2.05) is 19.1 Å². The van der Waals surface area contributed by atoms with E-state index in [4.69, 9.17) is 10.5 Å². The quantitative estimate of drug-likeness (QED) is 0.575. The molecular formula is C14H24N2O3. The van der Waals surface area contributed by atoms with Gasteiger partial charge in [-0.1, -0.05) is 19.1 Å². The molecule has 5 heteroatoms. The second kappa shape index (κ2) is 7.28. The maximum Gasteiger partial charge on any atom is 0.308 e. The van der Waals surface area contributed by atoms with Gasteiger partial charge in [-0.25, -0.2) is 0 Å². The lowest BCUT2D eigenvalue weighted by atomic mass is 9.93. The summed E-state index contributed by atoms with van der Waals surface area (Å²) in [6, 6.07) is -0.204. The number of esters is 1. The van der Waals surface area contributed by atoms with Gasteiger partial charge in [0.2, 0.25) is 5.91 Å². The topological polar surface area (TPSA) is 81.4 Å². The van der Waals surface area contributed by atoms with Crippen LogP contribution in [0.2, 0.25) is 0 Å². The van der Waals surface area contributed by atoms with E-state index in [0.717, 1.165) is 6.42 Å². The lowest BCUT2D eigenvalue weighted by Gasteiger charge is -2.24. The first kappa shape index (κ1) is 15.7. The first-order valence-electron chi connectivity index (χ1n) is 6.76. The van der Waals surface area contributed by atoms with E-state index >= 15 is 0 Å². The van der Waals surface area contributed by atoms with Gasteiger partial charge in [-0.3, -0.25) is 9.59 Å². The van der Waals surface area contributed by atoms with Gasteiger partial charge in [0.15, 0.2) is 0 Å². The van der Waals surface area contributed by atoms with Crippen LogP contribution < -0.4 is 11.1 Å². The number of allylic oxidation sites excluding steroid dienone is 1. The number of methoxy groups -OCH3 is 1. The molecule has 1 fully saturated rings. The monoisotopic (exact) mass is 268 g/mol. The summed E-state index contributed by atoms with van der Waals surface area (Å²) in [4.78, 5) is 22.9. The van der Waals surface area contributed by atoms with Crippen LogP contribution in [0.1, 0.15) is 33.1 Å². The van der Waals surface area contributed by atoms with Crippen LogP contribution in [0.4, 0.5) is 0 Å². The van der Waals surface area contributed by atoms with Crippen LogP contribution in [0.15, 0.2) is 12.2 Å². The minimum Gasteiger partial charge on any atom is -0.469 e. The molecule has 0 aromatic heterocycles. The second-order valence-electron chi connectivity index (χ2n) is 5.08. The third-order valence-corrected chi connectivity index (χ3v) is 3.61. The van der Waals surface area contributed by atoms with E-state index in [-0.39, 0.29) is 35.8 Å². The normalized spacial score (nSPS) is 28.3. The summed E-state index contributed by atoms with van der Waals surface area (Å²) >= 11 is 0. The second-order valence-corrected chi connectivity index (χ2v) is 5.08.